The maximum absolute atomic E-state index is 9.99. The molecule has 0 saturated carbocycles. The number of ether oxygens (including phenoxy) is 1. The molecule has 2 N–H and O–H groups in total. The first-order valence-corrected chi connectivity index (χ1v) is 5.78. The van der Waals surface area contributed by atoms with Crippen LogP contribution in [0.1, 0.15) is 22.7 Å². The minimum Gasteiger partial charge on any atom is -0.508 e. The van der Waals surface area contributed by atoms with Gasteiger partial charge in [0, 0.05) is 17.1 Å². The third-order valence-electron chi connectivity index (χ3n) is 2.98. The van der Waals surface area contributed by atoms with Gasteiger partial charge in [-0.2, -0.15) is 0 Å². The molecule has 0 aliphatic carbocycles. The summed E-state index contributed by atoms with van der Waals surface area (Å²) in [6.07, 6.45) is 0. The molecular formula is C12H16ClNO2. The molecule has 2 rings (SSSR count). The number of phenols is 1. The Bertz CT molecular complexity index is 400. The first-order chi connectivity index (χ1) is 7.61. The summed E-state index contributed by atoms with van der Waals surface area (Å²) in [5.41, 5.74) is 2.69. The number of benzene rings is 1. The molecule has 1 atom stereocenters. The monoisotopic (exact) mass is 241 g/mol. The molecule has 4 heteroatoms. The van der Waals surface area contributed by atoms with Crippen LogP contribution in [0.25, 0.3) is 0 Å². The van der Waals surface area contributed by atoms with Crippen molar-refractivity contribution < 1.29 is 9.84 Å². The molecule has 1 aromatic rings. The minimum absolute atomic E-state index is 0.0341. The number of halogens is 1. The number of phenolic OH excluding ortho intramolecular Hbond substituents is 1. The Morgan fingerprint density at radius 1 is 1.50 bits per heavy atom. The summed E-state index contributed by atoms with van der Waals surface area (Å²) in [5, 5.41) is 14.0. The van der Waals surface area contributed by atoms with E-state index >= 15 is 0 Å². The molecule has 1 aromatic carbocycles. The predicted octanol–water partition coefficient (Wildman–Crippen LogP) is 2.32. The van der Waals surface area contributed by atoms with E-state index < -0.39 is 0 Å². The van der Waals surface area contributed by atoms with Crippen molar-refractivity contribution in [2.24, 2.45) is 0 Å². The number of rotatable bonds is 1. The van der Waals surface area contributed by atoms with Crippen LogP contribution in [0.2, 0.25) is 5.02 Å². The highest BCUT2D eigenvalue weighted by atomic mass is 35.5. The fourth-order valence-corrected chi connectivity index (χ4v) is 2.30. The second kappa shape index (κ2) is 4.62. The van der Waals surface area contributed by atoms with Crippen molar-refractivity contribution in [2.45, 2.75) is 19.9 Å². The summed E-state index contributed by atoms with van der Waals surface area (Å²) in [6, 6.07) is 1.74. The Labute approximate surface area is 100 Å². The normalized spacial score (nSPS) is 21.1. The molecule has 3 nitrogen and oxygen atoms in total. The van der Waals surface area contributed by atoms with Gasteiger partial charge in [-0.05, 0) is 31.0 Å². The molecule has 1 heterocycles. The molecule has 88 valence electrons. The molecule has 1 unspecified atom stereocenters. The quantitative estimate of drug-likeness (QED) is 0.793. The van der Waals surface area contributed by atoms with E-state index in [0.717, 1.165) is 34.9 Å². The third-order valence-corrected chi connectivity index (χ3v) is 3.56. The number of aromatic hydroxyl groups is 1. The molecule has 1 aliphatic heterocycles. The van der Waals surface area contributed by atoms with Gasteiger partial charge >= 0.3 is 0 Å². The highest BCUT2D eigenvalue weighted by molar-refractivity contribution is 6.32. The fraction of sp³-hybridized carbons (Fsp3) is 0.500. The first kappa shape index (κ1) is 11.7. The van der Waals surface area contributed by atoms with Crippen molar-refractivity contribution in [3.63, 3.8) is 0 Å². The number of morpholine rings is 1. The summed E-state index contributed by atoms with van der Waals surface area (Å²) >= 11 is 6.19. The Balaban J connectivity index is 2.42. The van der Waals surface area contributed by atoms with Gasteiger partial charge < -0.3 is 15.2 Å². The van der Waals surface area contributed by atoms with E-state index in [1.807, 2.05) is 13.8 Å². The van der Waals surface area contributed by atoms with Crippen LogP contribution >= 0.6 is 11.6 Å². The van der Waals surface area contributed by atoms with Crippen LogP contribution in [0.4, 0.5) is 0 Å². The molecule has 0 aromatic heterocycles. The molecule has 0 spiro atoms. The maximum Gasteiger partial charge on any atom is 0.121 e. The van der Waals surface area contributed by atoms with E-state index in [4.69, 9.17) is 16.3 Å². The molecule has 16 heavy (non-hydrogen) atoms. The van der Waals surface area contributed by atoms with Gasteiger partial charge in [-0.3, -0.25) is 0 Å². The van der Waals surface area contributed by atoms with Gasteiger partial charge in [0.05, 0.1) is 19.3 Å². The molecule has 0 amide bonds. The largest absolute Gasteiger partial charge is 0.508 e. The van der Waals surface area contributed by atoms with E-state index in [0.29, 0.717) is 12.4 Å². The molecule has 0 radical (unpaired) electrons. The zero-order valence-electron chi connectivity index (χ0n) is 9.51. The van der Waals surface area contributed by atoms with Gasteiger partial charge in [-0.15, -0.1) is 0 Å². The van der Waals surface area contributed by atoms with E-state index in [2.05, 4.69) is 5.32 Å². The average Bonchev–Trinajstić information content (AvgIpc) is 2.28. The lowest BCUT2D eigenvalue weighted by Gasteiger charge is -2.26. The van der Waals surface area contributed by atoms with Crippen molar-refractivity contribution in [2.75, 3.05) is 19.8 Å². The Morgan fingerprint density at radius 2 is 2.25 bits per heavy atom. The molecule has 1 fully saturated rings. The zero-order valence-corrected chi connectivity index (χ0v) is 10.3. The van der Waals surface area contributed by atoms with Crippen molar-refractivity contribution in [3.05, 3.63) is 27.8 Å². The molecule has 1 aliphatic rings. The number of aryl methyl sites for hydroxylation is 1. The van der Waals surface area contributed by atoms with Crippen LogP contribution in [0, 0.1) is 13.8 Å². The van der Waals surface area contributed by atoms with Crippen molar-refractivity contribution in [3.8, 4) is 5.75 Å². The van der Waals surface area contributed by atoms with Gasteiger partial charge in [0.2, 0.25) is 0 Å². The Hall–Kier alpha value is -0.770. The Morgan fingerprint density at radius 3 is 2.88 bits per heavy atom. The predicted molar refractivity (Wildman–Crippen MR) is 64.2 cm³/mol. The zero-order chi connectivity index (χ0) is 11.7. The average molecular weight is 242 g/mol. The van der Waals surface area contributed by atoms with E-state index in [-0.39, 0.29) is 6.04 Å². The minimum atomic E-state index is 0.0341. The molecular weight excluding hydrogens is 226 g/mol. The third kappa shape index (κ3) is 2.03. The number of hydrogen-bond acceptors (Lipinski definition) is 3. The second-order valence-corrected chi connectivity index (χ2v) is 4.52. The fourth-order valence-electron chi connectivity index (χ4n) is 2.14. The lowest BCUT2D eigenvalue weighted by atomic mass is 9.97. The maximum atomic E-state index is 9.99. The van der Waals surface area contributed by atoms with Crippen molar-refractivity contribution >= 4 is 11.6 Å². The standard InChI is InChI=1S/C12H16ClNO2/c1-7-5-10(15)11(8(2)12(7)13)9-6-16-4-3-14-9/h5,9,14-15H,3-4,6H2,1-2H3. The van der Waals surface area contributed by atoms with Gasteiger partial charge in [0.1, 0.15) is 5.75 Å². The SMILES string of the molecule is Cc1cc(O)c(C2COCCN2)c(C)c1Cl. The Kier molecular flexibility index (Phi) is 3.38. The van der Waals surface area contributed by atoms with Crippen molar-refractivity contribution in [1.82, 2.24) is 5.32 Å². The van der Waals surface area contributed by atoms with Crippen LogP contribution < -0.4 is 5.32 Å². The summed E-state index contributed by atoms with van der Waals surface area (Å²) in [6.45, 7) is 5.92. The lowest BCUT2D eigenvalue weighted by Crippen LogP contribution is -2.35. The second-order valence-electron chi connectivity index (χ2n) is 4.15. The smallest absolute Gasteiger partial charge is 0.121 e. The van der Waals surface area contributed by atoms with Gasteiger partial charge in [0.15, 0.2) is 0 Å². The van der Waals surface area contributed by atoms with E-state index in [1.54, 1.807) is 6.07 Å². The lowest BCUT2D eigenvalue weighted by molar-refractivity contribution is 0.0759. The first-order valence-electron chi connectivity index (χ1n) is 5.41. The summed E-state index contributed by atoms with van der Waals surface area (Å²) in [5.74, 6) is 0.294. The number of nitrogens with one attached hydrogen (secondary N) is 1. The van der Waals surface area contributed by atoms with Crippen LogP contribution in [0.5, 0.6) is 5.75 Å². The summed E-state index contributed by atoms with van der Waals surface area (Å²) in [7, 11) is 0. The summed E-state index contributed by atoms with van der Waals surface area (Å²) in [4.78, 5) is 0. The van der Waals surface area contributed by atoms with Gasteiger partial charge in [0.25, 0.3) is 0 Å². The van der Waals surface area contributed by atoms with Crippen LogP contribution in [-0.4, -0.2) is 24.9 Å². The van der Waals surface area contributed by atoms with Gasteiger partial charge in [-0.25, -0.2) is 0 Å². The van der Waals surface area contributed by atoms with Crippen LogP contribution in [0.3, 0.4) is 0 Å². The van der Waals surface area contributed by atoms with Crippen LogP contribution in [0.15, 0.2) is 6.07 Å². The van der Waals surface area contributed by atoms with E-state index in [9.17, 15) is 5.11 Å². The molecule has 0 bridgehead atoms. The molecule has 1 saturated heterocycles. The number of hydrogen-bond donors (Lipinski definition) is 2. The van der Waals surface area contributed by atoms with E-state index in [1.165, 1.54) is 0 Å². The van der Waals surface area contributed by atoms with Crippen LogP contribution in [-0.2, 0) is 4.74 Å². The van der Waals surface area contributed by atoms with Crippen molar-refractivity contribution in [1.29, 1.82) is 0 Å². The highest BCUT2D eigenvalue weighted by Gasteiger charge is 2.22. The summed E-state index contributed by atoms with van der Waals surface area (Å²) < 4.78 is 5.40. The topological polar surface area (TPSA) is 41.5 Å². The highest BCUT2D eigenvalue weighted by Crippen LogP contribution is 2.35. The van der Waals surface area contributed by atoms with Gasteiger partial charge in [-0.1, -0.05) is 11.6 Å².